The third-order valence-electron chi connectivity index (χ3n) is 5.03. The lowest BCUT2D eigenvalue weighted by Gasteiger charge is -2.37. The Morgan fingerprint density at radius 3 is 2.64 bits per heavy atom. The van der Waals surface area contributed by atoms with Crippen molar-refractivity contribution in [3.8, 4) is 0 Å². The summed E-state index contributed by atoms with van der Waals surface area (Å²) in [4.78, 5) is 9.58. The van der Waals surface area contributed by atoms with Gasteiger partial charge in [0.05, 0.1) is 6.54 Å². The highest BCUT2D eigenvalue weighted by atomic mass is 35.5. The van der Waals surface area contributed by atoms with E-state index in [2.05, 4.69) is 37.4 Å². The monoisotopic (exact) mass is 363 g/mol. The van der Waals surface area contributed by atoms with Crippen LogP contribution in [0.3, 0.4) is 0 Å². The molecular weight excluding hydrogens is 338 g/mol. The standard InChI is InChI=1S/C18H25N5O.ClH/c1-2-4-15(5-3-1)12-17-20-18(24-21-17)14-22-8-10-23(11-9-22)16-6-7-19-13-16;/h1-5,16,19H,6-14H2;1H. The van der Waals surface area contributed by atoms with E-state index in [0.29, 0.717) is 0 Å². The molecule has 25 heavy (non-hydrogen) atoms. The quantitative estimate of drug-likeness (QED) is 0.870. The van der Waals surface area contributed by atoms with Crippen molar-refractivity contribution in [2.75, 3.05) is 39.3 Å². The zero-order valence-electron chi connectivity index (χ0n) is 14.4. The second-order valence-electron chi connectivity index (χ2n) is 6.73. The fourth-order valence-electron chi connectivity index (χ4n) is 3.63. The molecule has 2 aliphatic rings. The summed E-state index contributed by atoms with van der Waals surface area (Å²) in [6.07, 6.45) is 2.01. The van der Waals surface area contributed by atoms with Gasteiger partial charge in [0, 0.05) is 45.2 Å². The molecule has 0 bridgehead atoms. The van der Waals surface area contributed by atoms with Gasteiger partial charge in [-0.15, -0.1) is 12.4 Å². The molecule has 0 spiro atoms. The van der Waals surface area contributed by atoms with Crippen LogP contribution in [0.5, 0.6) is 0 Å². The van der Waals surface area contributed by atoms with Gasteiger partial charge >= 0.3 is 0 Å². The second-order valence-corrected chi connectivity index (χ2v) is 6.73. The molecule has 1 aromatic carbocycles. The fourth-order valence-corrected chi connectivity index (χ4v) is 3.63. The summed E-state index contributed by atoms with van der Waals surface area (Å²) in [5.41, 5.74) is 1.21. The molecule has 136 valence electrons. The van der Waals surface area contributed by atoms with Crippen molar-refractivity contribution in [1.29, 1.82) is 0 Å². The normalized spacial score (nSPS) is 22.0. The Morgan fingerprint density at radius 2 is 1.92 bits per heavy atom. The summed E-state index contributed by atoms with van der Waals surface area (Å²) in [6.45, 7) is 7.50. The lowest BCUT2D eigenvalue weighted by Crippen LogP contribution is -2.50. The highest BCUT2D eigenvalue weighted by Gasteiger charge is 2.26. The van der Waals surface area contributed by atoms with Gasteiger partial charge in [0.15, 0.2) is 5.82 Å². The highest BCUT2D eigenvalue weighted by Crippen LogP contribution is 2.14. The molecule has 3 heterocycles. The Hall–Kier alpha value is -1.47. The molecule has 2 fully saturated rings. The van der Waals surface area contributed by atoms with Crippen LogP contribution < -0.4 is 5.32 Å². The number of nitrogens with zero attached hydrogens (tertiary/aromatic N) is 4. The fraction of sp³-hybridized carbons (Fsp3) is 0.556. The Bertz CT molecular complexity index is 636. The van der Waals surface area contributed by atoms with Crippen molar-refractivity contribution < 1.29 is 4.52 Å². The summed E-state index contributed by atoms with van der Waals surface area (Å²) in [5.74, 6) is 1.50. The number of hydrogen-bond acceptors (Lipinski definition) is 6. The number of aromatic nitrogens is 2. The summed E-state index contributed by atoms with van der Waals surface area (Å²) in [7, 11) is 0. The Balaban J connectivity index is 0.00000182. The van der Waals surface area contributed by atoms with Crippen LogP contribution in [-0.4, -0.2) is 65.3 Å². The van der Waals surface area contributed by atoms with Gasteiger partial charge in [0.25, 0.3) is 0 Å². The predicted molar refractivity (Wildman–Crippen MR) is 98.9 cm³/mol. The summed E-state index contributed by atoms with van der Waals surface area (Å²) in [6, 6.07) is 11.0. The number of piperazine rings is 1. The molecule has 2 aromatic rings. The van der Waals surface area contributed by atoms with Gasteiger partial charge in [-0.25, -0.2) is 0 Å². The SMILES string of the molecule is Cl.c1ccc(Cc2noc(CN3CCN(C4CCNC4)CC3)n2)cc1. The van der Waals surface area contributed by atoms with Crippen molar-refractivity contribution in [3.05, 3.63) is 47.6 Å². The first-order valence-electron chi connectivity index (χ1n) is 8.89. The molecule has 7 heteroatoms. The minimum Gasteiger partial charge on any atom is -0.338 e. The maximum atomic E-state index is 5.44. The zero-order chi connectivity index (χ0) is 16.2. The molecule has 1 unspecified atom stereocenters. The predicted octanol–water partition coefficient (Wildman–Crippen LogP) is 1.56. The molecule has 2 aliphatic heterocycles. The van der Waals surface area contributed by atoms with Gasteiger partial charge in [-0.1, -0.05) is 35.5 Å². The van der Waals surface area contributed by atoms with Crippen LogP contribution in [0.25, 0.3) is 0 Å². The Morgan fingerprint density at radius 1 is 1.12 bits per heavy atom. The Kier molecular flexibility index (Phi) is 6.42. The topological polar surface area (TPSA) is 57.4 Å². The first kappa shape index (κ1) is 18.3. The van der Waals surface area contributed by atoms with Crippen molar-refractivity contribution >= 4 is 12.4 Å². The lowest BCUT2D eigenvalue weighted by atomic mass is 10.1. The van der Waals surface area contributed by atoms with E-state index < -0.39 is 0 Å². The van der Waals surface area contributed by atoms with E-state index >= 15 is 0 Å². The van der Waals surface area contributed by atoms with Gasteiger partial charge < -0.3 is 9.84 Å². The first-order valence-corrected chi connectivity index (χ1v) is 8.89. The molecule has 4 rings (SSSR count). The van der Waals surface area contributed by atoms with Crippen LogP contribution in [0.4, 0.5) is 0 Å². The van der Waals surface area contributed by atoms with E-state index in [-0.39, 0.29) is 12.4 Å². The lowest BCUT2D eigenvalue weighted by molar-refractivity contribution is 0.0908. The smallest absolute Gasteiger partial charge is 0.240 e. The zero-order valence-corrected chi connectivity index (χ0v) is 15.2. The molecule has 1 atom stereocenters. The van der Waals surface area contributed by atoms with E-state index in [4.69, 9.17) is 4.52 Å². The van der Waals surface area contributed by atoms with Gasteiger partial charge in [0.2, 0.25) is 5.89 Å². The van der Waals surface area contributed by atoms with Crippen molar-refractivity contribution in [2.24, 2.45) is 0 Å². The van der Waals surface area contributed by atoms with Gasteiger partial charge in [-0.3, -0.25) is 9.80 Å². The van der Waals surface area contributed by atoms with E-state index in [1.54, 1.807) is 0 Å². The maximum Gasteiger partial charge on any atom is 0.240 e. The van der Waals surface area contributed by atoms with Crippen LogP contribution in [0.1, 0.15) is 23.7 Å². The number of benzene rings is 1. The Labute approximate surface area is 155 Å². The van der Waals surface area contributed by atoms with Crippen LogP contribution in [0.15, 0.2) is 34.9 Å². The van der Waals surface area contributed by atoms with Crippen molar-refractivity contribution in [3.63, 3.8) is 0 Å². The second kappa shape index (κ2) is 8.76. The average molecular weight is 364 g/mol. The molecule has 2 saturated heterocycles. The minimum absolute atomic E-state index is 0. The van der Waals surface area contributed by atoms with E-state index in [1.165, 1.54) is 12.0 Å². The van der Waals surface area contributed by atoms with Gasteiger partial charge in [-0.2, -0.15) is 4.98 Å². The molecule has 0 aliphatic carbocycles. The van der Waals surface area contributed by atoms with Crippen LogP contribution in [0.2, 0.25) is 0 Å². The van der Waals surface area contributed by atoms with Crippen molar-refractivity contribution in [1.82, 2.24) is 25.3 Å². The van der Waals surface area contributed by atoms with Crippen LogP contribution in [0, 0.1) is 0 Å². The van der Waals surface area contributed by atoms with E-state index in [0.717, 1.165) is 70.0 Å². The number of nitrogens with one attached hydrogen (secondary N) is 1. The minimum atomic E-state index is 0. The van der Waals surface area contributed by atoms with E-state index in [9.17, 15) is 0 Å². The largest absolute Gasteiger partial charge is 0.338 e. The molecule has 0 radical (unpaired) electrons. The number of hydrogen-bond donors (Lipinski definition) is 1. The molecule has 6 nitrogen and oxygen atoms in total. The number of halogens is 1. The highest BCUT2D eigenvalue weighted by molar-refractivity contribution is 5.85. The molecule has 1 N–H and O–H groups in total. The maximum absolute atomic E-state index is 5.44. The molecular formula is C18H26ClN5O. The van der Waals surface area contributed by atoms with Crippen molar-refractivity contribution in [2.45, 2.75) is 25.4 Å². The van der Waals surface area contributed by atoms with Crippen LogP contribution >= 0.6 is 12.4 Å². The average Bonchev–Trinajstić information content (AvgIpc) is 3.29. The first-order chi connectivity index (χ1) is 11.9. The third kappa shape index (κ3) is 4.79. The third-order valence-corrected chi connectivity index (χ3v) is 5.03. The molecule has 0 amide bonds. The molecule has 0 saturated carbocycles. The summed E-state index contributed by atoms with van der Waals surface area (Å²) < 4.78 is 5.44. The molecule has 1 aromatic heterocycles. The van der Waals surface area contributed by atoms with E-state index in [1.807, 2.05) is 18.2 Å². The van der Waals surface area contributed by atoms with Gasteiger partial charge in [-0.05, 0) is 18.5 Å². The summed E-state index contributed by atoms with van der Waals surface area (Å²) >= 11 is 0. The number of rotatable bonds is 5. The van der Waals surface area contributed by atoms with Gasteiger partial charge in [0.1, 0.15) is 0 Å². The van der Waals surface area contributed by atoms with Crippen LogP contribution in [-0.2, 0) is 13.0 Å². The summed E-state index contributed by atoms with van der Waals surface area (Å²) in [5, 5.41) is 7.58.